The normalized spacial score (nSPS) is 20.8. The Morgan fingerprint density at radius 2 is 2.13 bits per heavy atom. The number of nitrogens with one attached hydrogen (secondary N) is 2. The molecule has 2 unspecified atom stereocenters. The highest BCUT2D eigenvalue weighted by atomic mass is 35.5. The molecule has 1 fully saturated rings. The third-order valence-electron chi connectivity index (χ3n) is 4.14. The fourth-order valence-electron chi connectivity index (χ4n) is 2.96. The molecule has 1 aromatic carbocycles. The van der Waals surface area contributed by atoms with E-state index in [0.717, 1.165) is 25.1 Å². The van der Waals surface area contributed by atoms with Gasteiger partial charge >= 0.3 is 0 Å². The first kappa shape index (κ1) is 17.8. The van der Waals surface area contributed by atoms with Crippen LogP contribution in [-0.2, 0) is 9.59 Å². The summed E-state index contributed by atoms with van der Waals surface area (Å²) in [4.78, 5) is 26.2. The summed E-state index contributed by atoms with van der Waals surface area (Å²) in [6.45, 7) is 4.33. The van der Waals surface area contributed by atoms with Crippen LogP contribution in [0, 0.1) is 5.92 Å². The van der Waals surface area contributed by atoms with Gasteiger partial charge in [-0.2, -0.15) is 0 Å². The Morgan fingerprint density at radius 3 is 2.83 bits per heavy atom. The van der Waals surface area contributed by atoms with E-state index >= 15 is 0 Å². The van der Waals surface area contributed by atoms with Gasteiger partial charge in [-0.25, -0.2) is 0 Å². The van der Waals surface area contributed by atoms with Crippen LogP contribution >= 0.6 is 11.6 Å². The van der Waals surface area contributed by atoms with E-state index in [9.17, 15) is 9.59 Å². The summed E-state index contributed by atoms with van der Waals surface area (Å²) in [6, 6.07) is 7.11. The van der Waals surface area contributed by atoms with Gasteiger partial charge in [-0.3, -0.25) is 9.59 Å². The molecular weight excluding hydrogens is 314 g/mol. The second-order valence-corrected chi connectivity index (χ2v) is 6.29. The van der Waals surface area contributed by atoms with Gasteiger partial charge in [0.15, 0.2) is 0 Å². The van der Waals surface area contributed by atoms with Crippen LogP contribution in [0.15, 0.2) is 24.3 Å². The Balaban J connectivity index is 2.03. The molecule has 1 aliphatic heterocycles. The highest BCUT2D eigenvalue weighted by Gasteiger charge is 2.42. The summed E-state index contributed by atoms with van der Waals surface area (Å²) in [5.41, 5.74) is 0.898. The lowest BCUT2D eigenvalue weighted by Crippen LogP contribution is -2.38. The molecule has 5 nitrogen and oxygen atoms in total. The fraction of sp³-hybridized carbons (Fsp3) is 0.529. The monoisotopic (exact) mass is 337 g/mol. The molecule has 6 heteroatoms. The maximum atomic E-state index is 12.5. The van der Waals surface area contributed by atoms with Gasteiger partial charge in [0.25, 0.3) is 0 Å². The number of hydrogen-bond acceptors (Lipinski definition) is 3. The number of hydrogen-bond donors (Lipinski definition) is 2. The zero-order chi connectivity index (χ0) is 16.8. The Bertz CT molecular complexity index is 565. The van der Waals surface area contributed by atoms with Crippen LogP contribution in [0.5, 0.6) is 0 Å². The third kappa shape index (κ3) is 4.45. The standard InChI is InChI=1S/C17H24ClN3O2/c1-3-7-19-8-9-20-17(23)14-11-15(22)21(2)16(14)12-5-4-6-13(18)10-12/h4-6,10,14,16,19H,3,7-9,11H2,1-2H3,(H,20,23). The number of amides is 2. The first-order chi connectivity index (χ1) is 11.0. The minimum atomic E-state index is -0.378. The largest absolute Gasteiger partial charge is 0.354 e. The van der Waals surface area contributed by atoms with Gasteiger partial charge in [0.2, 0.25) is 11.8 Å². The lowest BCUT2D eigenvalue weighted by atomic mass is 9.93. The first-order valence-electron chi connectivity index (χ1n) is 8.04. The van der Waals surface area contributed by atoms with Gasteiger partial charge < -0.3 is 15.5 Å². The Hall–Kier alpha value is -1.59. The lowest BCUT2D eigenvalue weighted by molar-refractivity contribution is -0.128. The quantitative estimate of drug-likeness (QED) is 0.748. The molecule has 1 aromatic rings. The van der Waals surface area contributed by atoms with Crippen LogP contribution in [0.2, 0.25) is 5.02 Å². The Morgan fingerprint density at radius 1 is 1.35 bits per heavy atom. The smallest absolute Gasteiger partial charge is 0.226 e. The van der Waals surface area contributed by atoms with Crippen LogP contribution in [-0.4, -0.2) is 43.4 Å². The van der Waals surface area contributed by atoms with Crippen molar-refractivity contribution in [1.29, 1.82) is 0 Å². The Labute approximate surface area is 142 Å². The molecule has 0 radical (unpaired) electrons. The van der Waals surface area contributed by atoms with E-state index in [0.29, 0.717) is 11.6 Å². The molecule has 1 aliphatic rings. The van der Waals surface area contributed by atoms with E-state index in [2.05, 4.69) is 17.6 Å². The predicted octanol–water partition coefficient (Wildman–Crippen LogP) is 1.98. The van der Waals surface area contributed by atoms with E-state index in [-0.39, 0.29) is 30.2 Å². The van der Waals surface area contributed by atoms with Gasteiger partial charge in [0.1, 0.15) is 0 Å². The first-order valence-corrected chi connectivity index (χ1v) is 8.42. The average molecular weight is 338 g/mol. The minimum absolute atomic E-state index is 0.0146. The topological polar surface area (TPSA) is 61.4 Å². The number of nitrogens with zero attached hydrogens (tertiary/aromatic N) is 1. The van der Waals surface area contributed by atoms with Crippen LogP contribution in [0.3, 0.4) is 0 Å². The number of halogens is 1. The van der Waals surface area contributed by atoms with Crippen LogP contribution < -0.4 is 10.6 Å². The highest BCUT2D eigenvalue weighted by molar-refractivity contribution is 6.30. The second kappa shape index (κ2) is 8.31. The SMILES string of the molecule is CCCNCCNC(=O)C1CC(=O)N(C)C1c1cccc(Cl)c1. The summed E-state index contributed by atoms with van der Waals surface area (Å²) in [7, 11) is 1.74. The zero-order valence-electron chi connectivity index (χ0n) is 13.6. The zero-order valence-corrected chi connectivity index (χ0v) is 14.4. The predicted molar refractivity (Wildman–Crippen MR) is 91.2 cm³/mol. The van der Waals surface area contributed by atoms with Crippen LogP contribution in [0.25, 0.3) is 0 Å². The molecule has 1 heterocycles. The molecule has 1 saturated heterocycles. The third-order valence-corrected chi connectivity index (χ3v) is 4.38. The summed E-state index contributed by atoms with van der Waals surface area (Å²) < 4.78 is 0. The van der Waals surface area contributed by atoms with E-state index < -0.39 is 0 Å². The van der Waals surface area contributed by atoms with Gasteiger partial charge in [-0.05, 0) is 30.7 Å². The number of carbonyl (C=O) groups is 2. The van der Waals surface area contributed by atoms with E-state index in [1.807, 2.05) is 18.2 Å². The van der Waals surface area contributed by atoms with Gasteiger partial charge in [-0.15, -0.1) is 0 Å². The summed E-state index contributed by atoms with van der Waals surface area (Å²) in [5.74, 6) is -0.470. The fourth-order valence-corrected chi connectivity index (χ4v) is 3.16. The molecule has 0 aliphatic carbocycles. The summed E-state index contributed by atoms with van der Waals surface area (Å²) >= 11 is 6.05. The maximum absolute atomic E-state index is 12.5. The van der Waals surface area contributed by atoms with Gasteiger partial charge in [0, 0.05) is 31.6 Å². The summed E-state index contributed by atoms with van der Waals surface area (Å²) in [6.07, 6.45) is 1.30. The van der Waals surface area contributed by atoms with Crippen molar-refractivity contribution < 1.29 is 9.59 Å². The van der Waals surface area contributed by atoms with E-state index in [1.165, 1.54) is 0 Å². The molecule has 2 atom stereocenters. The Kier molecular flexibility index (Phi) is 6.42. The van der Waals surface area contributed by atoms with Crippen molar-refractivity contribution in [3.63, 3.8) is 0 Å². The minimum Gasteiger partial charge on any atom is -0.354 e. The lowest BCUT2D eigenvalue weighted by Gasteiger charge is -2.25. The number of likely N-dealkylation sites (tertiary alicyclic amines) is 1. The number of benzene rings is 1. The van der Waals surface area contributed by atoms with Crippen molar-refractivity contribution in [1.82, 2.24) is 15.5 Å². The van der Waals surface area contributed by atoms with Crippen LogP contribution in [0.4, 0.5) is 0 Å². The average Bonchev–Trinajstić information content (AvgIpc) is 2.82. The molecule has 23 heavy (non-hydrogen) atoms. The van der Waals surface area contributed by atoms with E-state index in [1.54, 1.807) is 18.0 Å². The number of carbonyl (C=O) groups excluding carboxylic acids is 2. The van der Waals surface area contributed by atoms with Crippen molar-refractivity contribution in [2.24, 2.45) is 5.92 Å². The molecule has 0 bridgehead atoms. The van der Waals surface area contributed by atoms with Gasteiger partial charge in [0.05, 0.1) is 12.0 Å². The van der Waals surface area contributed by atoms with Crippen LogP contribution in [0.1, 0.15) is 31.4 Å². The van der Waals surface area contributed by atoms with Crippen molar-refractivity contribution in [3.05, 3.63) is 34.9 Å². The van der Waals surface area contributed by atoms with Crippen molar-refractivity contribution in [3.8, 4) is 0 Å². The van der Waals surface area contributed by atoms with Gasteiger partial charge in [-0.1, -0.05) is 30.7 Å². The maximum Gasteiger partial charge on any atom is 0.226 e. The molecule has 2 amide bonds. The van der Waals surface area contributed by atoms with Crippen molar-refractivity contribution in [2.45, 2.75) is 25.8 Å². The molecule has 0 spiro atoms. The second-order valence-electron chi connectivity index (χ2n) is 5.86. The number of rotatable bonds is 7. The molecule has 2 rings (SSSR count). The molecule has 126 valence electrons. The molecule has 0 saturated carbocycles. The molecule has 2 N–H and O–H groups in total. The van der Waals surface area contributed by atoms with E-state index in [4.69, 9.17) is 11.6 Å². The van der Waals surface area contributed by atoms with Crippen molar-refractivity contribution >= 4 is 23.4 Å². The molecular formula is C17H24ClN3O2. The molecule has 0 aromatic heterocycles. The highest BCUT2D eigenvalue weighted by Crippen LogP contribution is 2.37. The van der Waals surface area contributed by atoms with Crippen molar-refractivity contribution in [2.75, 3.05) is 26.7 Å². The summed E-state index contributed by atoms with van der Waals surface area (Å²) in [5, 5.41) is 6.77.